The van der Waals surface area contributed by atoms with Gasteiger partial charge in [-0.3, -0.25) is 4.90 Å². The van der Waals surface area contributed by atoms with Crippen LogP contribution in [0.1, 0.15) is 45.2 Å². The summed E-state index contributed by atoms with van der Waals surface area (Å²) in [6.07, 6.45) is 2.39. The molecule has 1 N–H and O–H groups in total. The molecule has 0 aliphatic carbocycles. The van der Waals surface area contributed by atoms with E-state index >= 15 is 0 Å². The Morgan fingerprint density at radius 1 is 1.29 bits per heavy atom. The predicted octanol–water partition coefficient (Wildman–Crippen LogP) is 3.94. The van der Waals surface area contributed by atoms with Crippen molar-refractivity contribution in [2.75, 3.05) is 25.4 Å². The molecule has 3 heteroatoms. The molecule has 1 fully saturated rings. The summed E-state index contributed by atoms with van der Waals surface area (Å²) in [6, 6.07) is 12.1. The summed E-state index contributed by atoms with van der Waals surface area (Å²) >= 11 is 2.12. The molecule has 1 saturated heterocycles. The number of thioether (sulfide) groups is 1. The van der Waals surface area contributed by atoms with Gasteiger partial charge in [-0.15, -0.1) is 0 Å². The van der Waals surface area contributed by atoms with Crippen molar-refractivity contribution in [2.24, 2.45) is 0 Å². The van der Waals surface area contributed by atoms with Crippen molar-refractivity contribution in [3.63, 3.8) is 0 Å². The highest BCUT2D eigenvalue weighted by Gasteiger charge is 2.25. The van der Waals surface area contributed by atoms with E-state index in [0.29, 0.717) is 12.1 Å². The molecular weight excluding hydrogens is 276 g/mol. The lowest BCUT2D eigenvalue weighted by atomic mass is 10.0. The van der Waals surface area contributed by atoms with Crippen LogP contribution in [0.15, 0.2) is 30.3 Å². The summed E-state index contributed by atoms with van der Waals surface area (Å²) in [5.74, 6) is 1.28. The SMILES string of the molecule is CCCNC(CCN1CCSC(C)C1C)c1ccccc1. The number of hydrogen-bond donors (Lipinski definition) is 1. The maximum Gasteiger partial charge on any atom is 0.0332 e. The summed E-state index contributed by atoms with van der Waals surface area (Å²) in [4.78, 5) is 2.67. The van der Waals surface area contributed by atoms with Crippen LogP contribution in [-0.4, -0.2) is 41.6 Å². The van der Waals surface area contributed by atoms with Crippen LogP contribution in [0.3, 0.4) is 0 Å². The second-order valence-electron chi connectivity index (χ2n) is 6.06. The zero-order valence-electron chi connectivity index (χ0n) is 13.7. The minimum absolute atomic E-state index is 0.489. The molecule has 3 unspecified atom stereocenters. The zero-order valence-corrected chi connectivity index (χ0v) is 14.5. The molecule has 21 heavy (non-hydrogen) atoms. The first-order chi connectivity index (χ1) is 10.2. The Hall–Kier alpha value is -0.510. The Balaban J connectivity index is 1.92. The smallest absolute Gasteiger partial charge is 0.0332 e. The summed E-state index contributed by atoms with van der Waals surface area (Å²) in [5.41, 5.74) is 1.43. The van der Waals surface area contributed by atoms with Crippen LogP contribution in [-0.2, 0) is 0 Å². The van der Waals surface area contributed by atoms with E-state index in [0.717, 1.165) is 11.8 Å². The number of rotatable bonds is 7. The molecule has 1 heterocycles. The van der Waals surface area contributed by atoms with Crippen LogP contribution >= 0.6 is 11.8 Å². The number of nitrogens with zero attached hydrogens (tertiary/aromatic N) is 1. The highest BCUT2D eigenvalue weighted by molar-refractivity contribution is 8.00. The first kappa shape index (κ1) is 16.9. The number of hydrogen-bond acceptors (Lipinski definition) is 3. The van der Waals surface area contributed by atoms with Gasteiger partial charge in [0.05, 0.1) is 0 Å². The molecule has 1 aromatic carbocycles. The van der Waals surface area contributed by atoms with Gasteiger partial charge in [0.15, 0.2) is 0 Å². The van der Waals surface area contributed by atoms with Gasteiger partial charge < -0.3 is 5.32 Å². The van der Waals surface area contributed by atoms with E-state index in [9.17, 15) is 0 Å². The van der Waals surface area contributed by atoms with Crippen LogP contribution in [0, 0.1) is 0 Å². The first-order valence-corrected chi connectivity index (χ1v) is 9.41. The van der Waals surface area contributed by atoms with Gasteiger partial charge in [-0.05, 0) is 31.9 Å². The Bertz CT molecular complexity index is 395. The van der Waals surface area contributed by atoms with Gasteiger partial charge in [0, 0.05) is 36.2 Å². The van der Waals surface area contributed by atoms with Crippen LogP contribution in [0.4, 0.5) is 0 Å². The molecule has 0 bridgehead atoms. The molecular formula is C18H30N2S. The summed E-state index contributed by atoms with van der Waals surface area (Å²) in [7, 11) is 0. The molecule has 1 aliphatic heterocycles. The molecule has 1 aromatic rings. The predicted molar refractivity (Wildman–Crippen MR) is 95.0 cm³/mol. The molecule has 0 amide bonds. The van der Waals surface area contributed by atoms with Crippen molar-refractivity contribution in [1.82, 2.24) is 10.2 Å². The Morgan fingerprint density at radius 2 is 2.05 bits per heavy atom. The first-order valence-electron chi connectivity index (χ1n) is 8.36. The van der Waals surface area contributed by atoms with Gasteiger partial charge in [-0.25, -0.2) is 0 Å². The monoisotopic (exact) mass is 306 g/mol. The van der Waals surface area contributed by atoms with Gasteiger partial charge in [-0.1, -0.05) is 44.2 Å². The van der Waals surface area contributed by atoms with Gasteiger partial charge in [0.1, 0.15) is 0 Å². The molecule has 3 atom stereocenters. The Kier molecular flexibility index (Phi) is 7.08. The fourth-order valence-electron chi connectivity index (χ4n) is 3.00. The average molecular weight is 307 g/mol. The van der Waals surface area contributed by atoms with Crippen molar-refractivity contribution in [1.29, 1.82) is 0 Å². The fraction of sp³-hybridized carbons (Fsp3) is 0.667. The molecule has 0 radical (unpaired) electrons. The molecule has 2 nitrogen and oxygen atoms in total. The zero-order chi connectivity index (χ0) is 15.1. The van der Waals surface area contributed by atoms with Crippen molar-refractivity contribution >= 4 is 11.8 Å². The third-order valence-corrected chi connectivity index (χ3v) is 5.90. The molecule has 0 saturated carbocycles. The van der Waals surface area contributed by atoms with Crippen LogP contribution < -0.4 is 5.32 Å². The van der Waals surface area contributed by atoms with E-state index in [1.807, 2.05) is 0 Å². The Labute approximate surface area is 134 Å². The van der Waals surface area contributed by atoms with Gasteiger partial charge in [0.2, 0.25) is 0 Å². The summed E-state index contributed by atoms with van der Waals surface area (Å²) in [6.45, 7) is 10.5. The number of benzene rings is 1. The quantitative estimate of drug-likeness (QED) is 0.821. The molecule has 1 aliphatic rings. The van der Waals surface area contributed by atoms with E-state index in [1.165, 1.54) is 37.2 Å². The van der Waals surface area contributed by atoms with E-state index in [1.54, 1.807) is 0 Å². The molecule has 2 rings (SSSR count). The normalized spacial score (nSPS) is 24.9. The van der Waals surface area contributed by atoms with E-state index in [-0.39, 0.29) is 0 Å². The standard InChI is InChI=1S/C18H30N2S/c1-4-11-19-18(17-8-6-5-7-9-17)10-12-20-13-14-21-16(3)15(20)2/h5-9,15-16,18-19H,4,10-14H2,1-3H3. The average Bonchev–Trinajstić information content (AvgIpc) is 2.52. The maximum absolute atomic E-state index is 3.72. The van der Waals surface area contributed by atoms with Gasteiger partial charge >= 0.3 is 0 Å². The van der Waals surface area contributed by atoms with Crippen LogP contribution in [0.25, 0.3) is 0 Å². The van der Waals surface area contributed by atoms with Crippen molar-refractivity contribution < 1.29 is 0 Å². The second-order valence-corrected chi connectivity index (χ2v) is 7.54. The topological polar surface area (TPSA) is 15.3 Å². The van der Waals surface area contributed by atoms with Gasteiger partial charge in [0.25, 0.3) is 0 Å². The third-order valence-electron chi connectivity index (χ3n) is 4.56. The van der Waals surface area contributed by atoms with E-state index < -0.39 is 0 Å². The van der Waals surface area contributed by atoms with Crippen molar-refractivity contribution in [3.05, 3.63) is 35.9 Å². The lowest BCUT2D eigenvalue weighted by Crippen LogP contribution is -2.45. The highest BCUT2D eigenvalue weighted by Crippen LogP contribution is 2.25. The molecule has 118 valence electrons. The van der Waals surface area contributed by atoms with Crippen molar-refractivity contribution in [2.45, 2.75) is 50.9 Å². The minimum atomic E-state index is 0.489. The van der Waals surface area contributed by atoms with E-state index in [2.05, 4.69) is 73.1 Å². The van der Waals surface area contributed by atoms with Crippen LogP contribution in [0.5, 0.6) is 0 Å². The third kappa shape index (κ3) is 5.01. The van der Waals surface area contributed by atoms with Crippen molar-refractivity contribution in [3.8, 4) is 0 Å². The van der Waals surface area contributed by atoms with E-state index in [4.69, 9.17) is 0 Å². The van der Waals surface area contributed by atoms with Gasteiger partial charge in [-0.2, -0.15) is 11.8 Å². The summed E-state index contributed by atoms with van der Waals surface area (Å²) in [5, 5.41) is 4.48. The lowest BCUT2D eigenvalue weighted by molar-refractivity contribution is 0.201. The second kappa shape index (κ2) is 8.82. The molecule has 0 spiro atoms. The lowest BCUT2D eigenvalue weighted by Gasteiger charge is -2.38. The molecule has 0 aromatic heterocycles. The Morgan fingerprint density at radius 3 is 2.76 bits per heavy atom. The summed E-state index contributed by atoms with van der Waals surface area (Å²) < 4.78 is 0. The van der Waals surface area contributed by atoms with Crippen LogP contribution in [0.2, 0.25) is 0 Å². The fourth-order valence-corrected chi connectivity index (χ4v) is 4.16. The number of nitrogens with one attached hydrogen (secondary N) is 1. The largest absolute Gasteiger partial charge is 0.310 e. The maximum atomic E-state index is 3.72. The highest BCUT2D eigenvalue weighted by atomic mass is 32.2. The minimum Gasteiger partial charge on any atom is -0.310 e.